The van der Waals surface area contributed by atoms with Gasteiger partial charge in [0.1, 0.15) is 4.83 Å². The van der Waals surface area contributed by atoms with Gasteiger partial charge < -0.3 is 11.1 Å². The van der Waals surface area contributed by atoms with Crippen molar-refractivity contribution in [1.29, 1.82) is 0 Å². The molecule has 0 saturated heterocycles. The fourth-order valence-electron chi connectivity index (χ4n) is 4.45. The summed E-state index contributed by atoms with van der Waals surface area (Å²) in [6.07, 6.45) is 0.868. The molecular formula is C20H28F2N4O2S. The Morgan fingerprint density at radius 1 is 1.34 bits per heavy atom. The van der Waals surface area contributed by atoms with Gasteiger partial charge in [0, 0.05) is 49.9 Å². The van der Waals surface area contributed by atoms with Crippen LogP contribution in [-0.4, -0.2) is 28.1 Å². The maximum atomic E-state index is 13.7. The summed E-state index contributed by atoms with van der Waals surface area (Å²) in [4.78, 5) is 28.1. The van der Waals surface area contributed by atoms with Gasteiger partial charge in [-0.3, -0.25) is 13.9 Å². The Bertz CT molecular complexity index is 1040. The molecule has 0 spiro atoms. The van der Waals surface area contributed by atoms with Crippen molar-refractivity contribution in [2.45, 2.75) is 64.6 Å². The number of halogens is 2. The van der Waals surface area contributed by atoms with E-state index < -0.39 is 5.92 Å². The number of rotatable bonds is 7. The van der Waals surface area contributed by atoms with Crippen LogP contribution in [0.5, 0.6) is 0 Å². The van der Waals surface area contributed by atoms with Crippen LogP contribution < -0.4 is 22.3 Å². The summed E-state index contributed by atoms with van der Waals surface area (Å²) in [7, 11) is 0. The molecule has 6 nitrogen and oxygen atoms in total. The summed E-state index contributed by atoms with van der Waals surface area (Å²) in [5.74, 6) is -2.63. The lowest BCUT2D eigenvalue weighted by atomic mass is 10.1. The Hall–Kier alpha value is -1.58. The van der Waals surface area contributed by atoms with Gasteiger partial charge in [-0.05, 0) is 37.2 Å². The molecule has 9 heteroatoms. The van der Waals surface area contributed by atoms with E-state index in [1.165, 1.54) is 15.9 Å². The highest BCUT2D eigenvalue weighted by Crippen LogP contribution is 2.42. The van der Waals surface area contributed by atoms with Gasteiger partial charge in [0.05, 0.1) is 5.39 Å². The smallest absolute Gasteiger partial charge is 0.329 e. The zero-order valence-corrected chi connectivity index (χ0v) is 17.7. The fraction of sp³-hybridized carbons (Fsp3) is 0.700. The maximum absolute atomic E-state index is 13.7. The average Bonchev–Trinajstić information content (AvgIpc) is 3.11. The quantitative estimate of drug-likeness (QED) is 0.667. The normalized spacial score (nSPS) is 25.8. The Balaban J connectivity index is 1.82. The molecule has 1 unspecified atom stereocenters. The van der Waals surface area contributed by atoms with Crippen LogP contribution in [0, 0.1) is 18.8 Å². The number of nitrogens with zero attached hydrogens (tertiary/aromatic N) is 2. The van der Waals surface area contributed by atoms with Crippen molar-refractivity contribution in [3.8, 4) is 0 Å². The molecule has 2 fully saturated rings. The summed E-state index contributed by atoms with van der Waals surface area (Å²) in [5.41, 5.74) is 5.81. The van der Waals surface area contributed by atoms with Crippen molar-refractivity contribution in [3.05, 3.63) is 31.3 Å². The van der Waals surface area contributed by atoms with Crippen molar-refractivity contribution >= 4 is 21.6 Å². The summed E-state index contributed by atoms with van der Waals surface area (Å²) >= 11 is 1.41. The van der Waals surface area contributed by atoms with Gasteiger partial charge >= 0.3 is 5.69 Å². The van der Waals surface area contributed by atoms with Crippen LogP contribution in [0.1, 0.15) is 49.1 Å². The number of aryl methyl sites for hydroxylation is 1. The van der Waals surface area contributed by atoms with Crippen LogP contribution in [-0.2, 0) is 13.1 Å². The zero-order valence-electron chi connectivity index (χ0n) is 16.8. The first-order valence-corrected chi connectivity index (χ1v) is 11.1. The first-order valence-electron chi connectivity index (χ1n) is 10.3. The van der Waals surface area contributed by atoms with Crippen LogP contribution in [0.25, 0.3) is 10.2 Å². The van der Waals surface area contributed by atoms with Gasteiger partial charge in [0.15, 0.2) is 0 Å². The van der Waals surface area contributed by atoms with Crippen molar-refractivity contribution in [2.75, 3.05) is 13.1 Å². The molecule has 4 rings (SSSR count). The molecule has 2 saturated carbocycles. The summed E-state index contributed by atoms with van der Waals surface area (Å²) in [6.45, 7) is 5.89. The summed E-state index contributed by atoms with van der Waals surface area (Å²) in [5, 5.41) is 3.80. The van der Waals surface area contributed by atoms with E-state index in [9.17, 15) is 18.4 Å². The highest BCUT2D eigenvalue weighted by molar-refractivity contribution is 7.18. The van der Waals surface area contributed by atoms with Gasteiger partial charge in [-0.1, -0.05) is 6.92 Å². The second-order valence-corrected chi connectivity index (χ2v) is 9.69. The van der Waals surface area contributed by atoms with Crippen molar-refractivity contribution in [2.24, 2.45) is 17.6 Å². The fourth-order valence-corrected chi connectivity index (χ4v) is 5.72. The predicted molar refractivity (Wildman–Crippen MR) is 111 cm³/mol. The molecule has 29 heavy (non-hydrogen) atoms. The third kappa shape index (κ3) is 3.80. The van der Waals surface area contributed by atoms with E-state index in [1.54, 1.807) is 4.57 Å². The van der Waals surface area contributed by atoms with Crippen molar-refractivity contribution < 1.29 is 8.78 Å². The largest absolute Gasteiger partial charge is 0.332 e. The second kappa shape index (κ2) is 7.59. The highest BCUT2D eigenvalue weighted by Gasteiger charge is 2.41. The van der Waals surface area contributed by atoms with E-state index in [4.69, 9.17) is 5.73 Å². The van der Waals surface area contributed by atoms with E-state index in [0.29, 0.717) is 36.3 Å². The Morgan fingerprint density at radius 2 is 2.07 bits per heavy atom. The molecule has 2 aromatic rings. The number of hydrogen-bond acceptors (Lipinski definition) is 5. The molecule has 0 amide bonds. The lowest BCUT2D eigenvalue weighted by molar-refractivity contribution is 0.00434. The molecule has 160 valence electrons. The lowest BCUT2D eigenvalue weighted by Gasteiger charge is -2.16. The molecule has 0 aliphatic heterocycles. The van der Waals surface area contributed by atoms with Crippen LogP contribution in [0.3, 0.4) is 0 Å². The number of thiophene rings is 1. The van der Waals surface area contributed by atoms with Gasteiger partial charge in [-0.2, -0.15) is 0 Å². The van der Waals surface area contributed by atoms with E-state index in [-0.39, 0.29) is 48.5 Å². The first-order chi connectivity index (χ1) is 13.7. The van der Waals surface area contributed by atoms with Crippen LogP contribution in [0.4, 0.5) is 8.78 Å². The Labute approximate surface area is 171 Å². The first kappa shape index (κ1) is 20.7. The monoisotopic (exact) mass is 426 g/mol. The van der Waals surface area contributed by atoms with Gasteiger partial charge in [-0.25, -0.2) is 13.6 Å². The third-order valence-corrected chi connectivity index (χ3v) is 7.61. The third-order valence-electron chi connectivity index (χ3n) is 6.29. The topological polar surface area (TPSA) is 82.1 Å². The predicted octanol–water partition coefficient (Wildman–Crippen LogP) is 2.60. The summed E-state index contributed by atoms with van der Waals surface area (Å²) in [6, 6.07) is -0.0891. The molecule has 3 N–H and O–H groups in total. The average molecular weight is 427 g/mol. The SMILES string of the molecule is Cc1c(CNCCN)sc2c1c(=O)n([C@H]1C[C@@H]1C)c(=O)n2CC1CCC(F)(F)C1. The van der Waals surface area contributed by atoms with Gasteiger partial charge in [-0.15, -0.1) is 11.3 Å². The summed E-state index contributed by atoms with van der Waals surface area (Å²) < 4.78 is 30.4. The standard InChI is InChI=1S/C20H28F2N4O2S/c1-11-7-14(11)26-17(27)16-12(2)15(9-24-6-5-23)29-18(16)25(19(26)28)10-13-3-4-20(21,22)8-13/h11,13-14,24H,3-10,23H2,1-2H3/t11-,13?,14-/m0/s1. The lowest BCUT2D eigenvalue weighted by Crippen LogP contribution is -2.40. The number of nitrogens with two attached hydrogens (primary N) is 1. The second-order valence-electron chi connectivity index (χ2n) is 8.61. The van der Waals surface area contributed by atoms with Crippen LogP contribution >= 0.6 is 11.3 Å². The molecule has 0 bridgehead atoms. The molecule has 2 aliphatic rings. The molecule has 2 aromatic heterocycles. The number of hydrogen-bond donors (Lipinski definition) is 2. The van der Waals surface area contributed by atoms with E-state index in [1.807, 2.05) is 13.8 Å². The van der Waals surface area contributed by atoms with Crippen LogP contribution in [0.2, 0.25) is 0 Å². The number of fused-ring (bicyclic) bond motifs is 1. The Kier molecular flexibility index (Phi) is 5.41. The van der Waals surface area contributed by atoms with Crippen LogP contribution in [0.15, 0.2) is 9.59 Å². The molecule has 0 radical (unpaired) electrons. The van der Waals surface area contributed by atoms with Crippen molar-refractivity contribution in [1.82, 2.24) is 14.5 Å². The number of nitrogens with one attached hydrogen (secondary N) is 1. The Morgan fingerprint density at radius 3 is 2.66 bits per heavy atom. The molecule has 0 aromatic carbocycles. The molecule has 3 atom stereocenters. The number of alkyl halides is 2. The van der Waals surface area contributed by atoms with Gasteiger partial charge in [0.25, 0.3) is 5.56 Å². The zero-order chi connectivity index (χ0) is 20.9. The minimum atomic E-state index is -2.66. The van der Waals surface area contributed by atoms with Gasteiger partial charge in [0.2, 0.25) is 5.92 Å². The van der Waals surface area contributed by atoms with E-state index in [2.05, 4.69) is 5.32 Å². The minimum absolute atomic E-state index is 0.0891. The van der Waals surface area contributed by atoms with E-state index in [0.717, 1.165) is 16.9 Å². The highest BCUT2D eigenvalue weighted by atomic mass is 32.1. The van der Waals surface area contributed by atoms with Crippen molar-refractivity contribution in [3.63, 3.8) is 0 Å². The minimum Gasteiger partial charge on any atom is -0.329 e. The number of aromatic nitrogens is 2. The maximum Gasteiger partial charge on any atom is 0.332 e. The van der Waals surface area contributed by atoms with E-state index >= 15 is 0 Å². The molecule has 2 heterocycles. The molecule has 2 aliphatic carbocycles. The molecular weight excluding hydrogens is 398 g/mol.